The van der Waals surface area contributed by atoms with Gasteiger partial charge in [0.25, 0.3) is 0 Å². The van der Waals surface area contributed by atoms with E-state index in [1.807, 2.05) is 32.0 Å². The van der Waals surface area contributed by atoms with E-state index in [1.165, 1.54) is 0 Å². The van der Waals surface area contributed by atoms with Crippen molar-refractivity contribution in [1.82, 2.24) is 9.97 Å². The number of anilines is 1. The van der Waals surface area contributed by atoms with Crippen LogP contribution >= 0.6 is 0 Å². The van der Waals surface area contributed by atoms with Crippen molar-refractivity contribution in [3.8, 4) is 0 Å². The second-order valence-electron chi connectivity index (χ2n) is 4.56. The van der Waals surface area contributed by atoms with E-state index in [-0.39, 0.29) is 0 Å². The zero-order valence-electron chi connectivity index (χ0n) is 10.3. The van der Waals surface area contributed by atoms with Gasteiger partial charge in [0.05, 0.1) is 5.69 Å². The fourth-order valence-corrected chi connectivity index (χ4v) is 2.20. The van der Waals surface area contributed by atoms with Gasteiger partial charge in [-0.2, -0.15) is 10.2 Å². The number of nitrogen functional groups attached to an aromatic ring is 1. The maximum absolute atomic E-state index is 5.97. The van der Waals surface area contributed by atoms with Gasteiger partial charge in [-0.1, -0.05) is 0 Å². The number of rotatable bonds is 1. The Morgan fingerprint density at radius 2 is 1.94 bits per heavy atom. The van der Waals surface area contributed by atoms with Gasteiger partial charge in [-0.3, -0.25) is 9.97 Å². The molecule has 3 heterocycles. The van der Waals surface area contributed by atoms with Crippen LogP contribution in [-0.4, -0.2) is 9.97 Å². The molecule has 2 N–H and O–H groups in total. The van der Waals surface area contributed by atoms with Gasteiger partial charge >= 0.3 is 0 Å². The molecule has 1 unspecified atom stereocenters. The van der Waals surface area contributed by atoms with Crippen LogP contribution in [0, 0.1) is 6.92 Å². The van der Waals surface area contributed by atoms with Crippen molar-refractivity contribution in [3.05, 3.63) is 47.5 Å². The number of aryl methyl sites for hydroxylation is 1. The van der Waals surface area contributed by atoms with Gasteiger partial charge in [-0.15, -0.1) is 0 Å². The first-order valence-electron chi connectivity index (χ1n) is 5.72. The molecule has 1 aliphatic rings. The van der Waals surface area contributed by atoms with Crippen molar-refractivity contribution in [3.63, 3.8) is 0 Å². The highest BCUT2D eigenvalue weighted by Crippen LogP contribution is 2.46. The van der Waals surface area contributed by atoms with Gasteiger partial charge in [0.2, 0.25) is 0 Å². The first-order chi connectivity index (χ1) is 8.61. The second-order valence-corrected chi connectivity index (χ2v) is 4.56. The van der Waals surface area contributed by atoms with E-state index in [2.05, 4.69) is 20.2 Å². The number of azo groups is 1. The summed E-state index contributed by atoms with van der Waals surface area (Å²) >= 11 is 0. The van der Waals surface area contributed by atoms with Crippen LogP contribution in [0.25, 0.3) is 0 Å². The van der Waals surface area contributed by atoms with Crippen molar-refractivity contribution < 1.29 is 0 Å². The van der Waals surface area contributed by atoms with E-state index in [4.69, 9.17) is 5.73 Å². The van der Waals surface area contributed by atoms with E-state index < -0.39 is 5.54 Å². The number of hydrogen-bond acceptors (Lipinski definition) is 5. The van der Waals surface area contributed by atoms with E-state index in [1.54, 1.807) is 12.4 Å². The van der Waals surface area contributed by atoms with E-state index in [9.17, 15) is 0 Å². The summed E-state index contributed by atoms with van der Waals surface area (Å²) in [6.45, 7) is 3.91. The monoisotopic (exact) mass is 239 g/mol. The van der Waals surface area contributed by atoms with Crippen molar-refractivity contribution >= 4 is 11.4 Å². The summed E-state index contributed by atoms with van der Waals surface area (Å²) in [7, 11) is 0. The van der Waals surface area contributed by atoms with Crippen LogP contribution in [-0.2, 0) is 5.54 Å². The molecule has 5 heteroatoms. The molecule has 0 amide bonds. The van der Waals surface area contributed by atoms with Gasteiger partial charge in [-0.05, 0) is 37.6 Å². The molecule has 5 nitrogen and oxygen atoms in total. The molecule has 18 heavy (non-hydrogen) atoms. The lowest BCUT2D eigenvalue weighted by Crippen LogP contribution is -2.20. The highest BCUT2D eigenvalue weighted by atomic mass is 15.2. The summed E-state index contributed by atoms with van der Waals surface area (Å²) in [6, 6.07) is 5.67. The van der Waals surface area contributed by atoms with Gasteiger partial charge < -0.3 is 5.73 Å². The average Bonchev–Trinajstić information content (AvgIpc) is 2.70. The number of nitrogens with two attached hydrogens (primary N) is 1. The van der Waals surface area contributed by atoms with Crippen LogP contribution in [0.5, 0.6) is 0 Å². The largest absolute Gasteiger partial charge is 0.397 e. The third-order valence-corrected chi connectivity index (χ3v) is 3.20. The smallest absolute Gasteiger partial charge is 0.148 e. The minimum Gasteiger partial charge on any atom is -0.397 e. The number of fused-ring (bicyclic) bond motifs is 1. The number of hydrogen-bond donors (Lipinski definition) is 1. The zero-order valence-corrected chi connectivity index (χ0v) is 10.3. The van der Waals surface area contributed by atoms with Gasteiger partial charge in [-0.25, -0.2) is 0 Å². The molecule has 0 aliphatic carbocycles. The molecule has 2 aromatic rings. The number of pyridine rings is 2. The SMILES string of the molecule is Cc1cc(N)c2c(n1)C(C)(c1ccncc1)N=N2. The Bertz CT molecular complexity index is 635. The lowest BCUT2D eigenvalue weighted by atomic mass is 9.89. The minimum absolute atomic E-state index is 0.571. The van der Waals surface area contributed by atoms with E-state index >= 15 is 0 Å². The normalized spacial score (nSPS) is 21.0. The Hall–Kier alpha value is -2.30. The molecule has 90 valence electrons. The molecule has 2 aromatic heterocycles. The maximum atomic E-state index is 5.97. The highest BCUT2D eigenvalue weighted by Gasteiger charge is 2.38. The van der Waals surface area contributed by atoms with Crippen molar-refractivity contribution in [2.24, 2.45) is 10.2 Å². The molecular formula is C13H13N5. The van der Waals surface area contributed by atoms with Crippen molar-refractivity contribution in [2.75, 3.05) is 5.73 Å². The van der Waals surface area contributed by atoms with E-state index in [0.717, 1.165) is 17.0 Å². The Balaban J connectivity index is 2.24. The lowest BCUT2D eigenvalue weighted by molar-refractivity contribution is 0.583. The van der Waals surface area contributed by atoms with Crippen LogP contribution in [0.4, 0.5) is 11.4 Å². The molecule has 0 spiro atoms. The first kappa shape index (κ1) is 10.8. The molecule has 1 aliphatic heterocycles. The van der Waals surface area contributed by atoms with Crippen LogP contribution in [0.15, 0.2) is 40.8 Å². The molecule has 0 saturated carbocycles. The standard InChI is InChI=1S/C13H13N5/c1-8-7-10(14)11-12(16-8)13(2,18-17-11)9-3-5-15-6-4-9/h3-7H,1-2H3,(H2,14,16). The number of nitrogens with zero attached hydrogens (tertiary/aromatic N) is 4. The quantitative estimate of drug-likeness (QED) is 0.831. The summed E-state index contributed by atoms with van der Waals surface area (Å²) in [5, 5.41) is 8.55. The predicted molar refractivity (Wildman–Crippen MR) is 68.6 cm³/mol. The molecular weight excluding hydrogens is 226 g/mol. The molecule has 0 aromatic carbocycles. The first-order valence-corrected chi connectivity index (χ1v) is 5.72. The van der Waals surface area contributed by atoms with Crippen LogP contribution < -0.4 is 5.73 Å². The van der Waals surface area contributed by atoms with E-state index in [0.29, 0.717) is 11.4 Å². The molecule has 1 atom stereocenters. The fourth-order valence-electron chi connectivity index (χ4n) is 2.20. The summed E-state index contributed by atoms with van der Waals surface area (Å²) in [5.41, 5.74) is 9.40. The number of aromatic nitrogens is 2. The third kappa shape index (κ3) is 1.40. The van der Waals surface area contributed by atoms with Crippen LogP contribution in [0.2, 0.25) is 0 Å². The maximum Gasteiger partial charge on any atom is 0.148 e. The molecule has 0 fully saturated rings. The minimum atomic E-state index is -0.571. The summed E-state index contributed by atoms with van der Waals surface area (Å²) in [5.74, 6) is 0. The topological polar surface area (TPSA) is 76.5 Å². The molecule has 0 radical (unpaired) electrons. The summed E-state index contributed by atoms with van der Waals surface area (Å²) in [4.78, 5) is 8.58. The van der Waals surface area contributed by atoms with Crippen molar-refractivity contribution in [1.29, 1.82) is 0 Å². The Morgan fingerprint density at radius 3 is 2.67 bits per heavy atom. The fraction of sp³-hybridized carbons (Fsp3) is 0.231. The molecule has 0 saturated heterocycles. The third-order valence-electron chi connectivity index (χ3n) is 3.20. The predicted octanol–water partition coefficient (Wildman–Crippen LogP) is 2.73. The molecule has 0 bridgehead atoms. The Labute approximate surface area is 105 Å². The van der Waals surface area contributed by atoms with Crippen molar-refractivity contribution in [2.45, 2.75) is 19.4 Å². The average molecular weight is 239 g/mol. The summed E-state index contributed by atoms with van der Waals surface area (Å²) in [6.07, 6.45) is 3.49. The van der Waals surface area contributed by atoms with Gasteiger partial charge in [0.1, 0.15) is 16.9 Å². The second kappa shape index (κ2) is 3.60. The Kier molecular flexibility index (Phi) is 2.16. The zero-order chi connectivity index (χ0) is 12.8. The highest BCUT2D eigenvalue weighted by molar-refractivity contribution is 5.69. The summed E-state index contributed by atoms with van der Waals surface area (Å²) < 4.78 is 0. The lowest BCUT2D eigenvalue weighted by Gasteiger charge is -2.20. The van der Waals surface area contributed by atoms with Gasteiger partial charge in [0, 0.05) is 18.1 Å². The molecule has 3 rings (SSSR count). The van der Waals surface area contributed by atoms with Crippen LogP contribution in [0.3, 0.4) is 0 Å². The Morgan fingerprint density at radius 1 is 1.22 bits per heavy atom. The van der Waals surface area contributed by atoms with Crippen LogP contribution in [0.1, 0.15) is 23.9 Å². The van der Waals surface area contributed by atoms with Gasteiger partial charge in [0.15, 0.2) is 0 Å².